The third kappa shape index (κ3) is 2.43. The molecular weight excluding hydrogens is 216 g/mol. The first-order valence-corrected chi connectivity index (χ1v) is 5.23. The maximum Gasteiger partial charge on any atom is 0.150 e. The summed E-state index contributed by atoms with van der Waals surface area (Å²) in [5.41, 5.74) is 0.999. The van der Waals surface area contributed by atoms with Gasteiger partial charge >= 0.3 is 0 Å². The fourth-order valence-electron chi connectivity index (χ4n) is 1.50. The Balaban J connectivity index is 2.12. The largest absolute Gasteiger partial charge is 0.485 e. The molecule has 0 spiro atoms. The Morgan fingerprint density at radius 1 is 1.47 bits per heavy atom. The molecule has 1 aromatic rings. The first-order valence-electron chi connectivity index (χ1n) is 4.85. The minimum atomic E-state index is -0.552. The lowest BCUT2D eigenvalue weighted by Gasteiger charge is -2.17. The van der Waals surface area contributed by atoms with Gasteiger partial charge in [-0.05, 0) is 24.6 Å². The molecule has 1 aromatic carbocycles. The number of hydrogen-bond donors (Lipinski definition) is 1. The Morgan fingerprint density at radius 2 is 2.27 bits per heavy atom. The first-order chi connectivity index (χ1) is 7.16. The van der Waals surface area contributed by atoms with E-state index in [9.17, 15) is 5.11 Å². The predicted octanol–water partition coefficient (Wildman–Crippen LogP) is 1.79. The molecule has 0 saturated carbocycles. The van der Waals surface area contributed by atoms with Crippen molar-refractivity contribution in [3.05, 3.63) is 28.8 Å². The summed E-state index contributed by atoms with van der Waals surface area (Å²) in [4.78, 5) is 0. The van der Waals surface area contributed by atoms with Crippen molar-refractivity contribution >= 4 is 11.6 Å². The predicted molar refractivity (Wildman–Crippen MR) is 57.4 cm³/mol. The number of halogens is 1. The number of benzene rings is 1. The fraction of sp³-hybridized carbons (Fsp3) is 0.455. The van der Waals surface area contributed by atoms with Gasteiger partial charge in [-0.3, -0.25) is 0 Å². The molecule has 2 atom stereocenters. The van der Waals surface area contributed by atoms with Crippen LogP contribution >= 0.6 is 11.6 Å². The summed E-state index contributed by atoms with van der Waals surface area (Å²) in [5.74, 6) is 0.706. The highest BCUT2D eigenvalue weighted by Gasteiger charge is 2.28. The molecule has 0 unspecified atom stereocenters. The standard InChI is InChI=1S/C11H13ClO3/c1-7-2-3-8(12)4-10(7)15-11-6-14-5-9(11)13/h2-4,9,11,13H,5-6H2,1H3/t9-,11-/m1/s1. The zero-order valence-corrected chi connectivity index (χ0v) is 9.20. The molecule has 3 nitrogen and oxygen atoms in total. The van der Waals surface area contributed by atoms with Gasteiger partial charge in [0.25, 0.3) is 0 Å². The van der Waals surface area contributed by atoms with E-state index in [2.05, 4.69) is 0 Å². The second-order valence-electron chi connectivity index (χ2n) is 3.67. The van der Waals surface area contributed by atoms with Gasteiger partial charge in [0.05, 0.1) is 13.2 Å². The van der Waals surface area contributed by atoms with Crippen LogP contribution in [0.1, 0.15) is 5.56 Å². The maximum atomic E-state index is 9.53. The Hall–Kier alpha value is -0.770. The van der Waals surface area contributed by atoms with Crippen molar-refractivity contribution < 1.29 is 14.6 Å². The SMILES string of the molecule is Cc1ccc(Cl)cc1O[C@@H]1COC[C@H]1O. The van der Waals surface area contributed by atoms with Gasteiger partial charge < -0.3 is 14.6 Å². The summed E-state index contributed by atoms with van der Waals surface area (Å²) >= 11 is 5.86. The van der Waals surface area contributed by atoms with Crippen molar-refractivity contribution in [2.75, 3.05) is 13.2 Å². The summed E-state index contributed by atoms with van der Waals surface area (Å²) in [7, 11) is 0. The van der Waals surface area contributed by atoms with Crippen LogP contribution in [0.5, 0.6) is 5.75 Å². The van der Waals surface area contributed by atoms with Crippen molar-refractivity contribution in [1.29, 1.82) is 0 Å². The Kier molecular flexibility index (Phi) is 3.14. The molecular formula is C11H13ClO3. The zero-order valence-electron chi connectivity index (χ0n) is 8.44. The van der Waals surface area contributed by atoms with E-state index < -0.39 is 6.10 Å². The Labute approximate surface area is 93.6 Å². The second kappa shape index (κ2) is 4.39. The first kappa shape index (κ1) is 10.7. The van der Waals surface area contributed by atoms with Crippen LogP contribution in [0.3, 0.4) is 0 Å². The Morgan fingerprint density at radius 3 is 2.93 bits per heavy atom. The van der Waals surface area contributed by atoms with E-state index in [1.54, 1.807) is 6.07 Å². The average Bonchev–Trinajstić information content (AvgIpc) is 2.58. The smallest absolute Gasteiger partial charge is 0.150 e. The number of ether oxygens (including phenoxy) is 2. The van der Waals surface area contributed by atoms with E-state index in [1.807, 2.05) is 19.1 Å². The van der Waals surface area contributed by atoms with E-state index >= 15 is 0 Å². The topological polar surface area (TPSA) is 38.7 Å². The van der Waals surface area contributed by atoms with Crippen LogP contribution in [-0.2, 0) is 4.74 Å². The number of aryl methyl sites for hydroxylation is 1. The van der Waals surface area contributed by atoms with Crippen molar-refractivity contribution in [2.45, 2.75) is 19.1 Å². The van der Waals surface area contributed by atoms with Gasteiger partial charge in [-0.2, -0.15) is 0 Å². The number of aliphatic hydroxyl groups is 1. The molecule has 1 heterocycles. The molecule has 1 aliphatic heterocycles. The molecule has 0 aliphatic carbocycles. The zero-order chi connectivity index (χ0) is 10.8. The van der Waals surface area contributed by atoms with Gasteiger partial charge in [-0.15, -0.1) is 0 Å². The molecule has 2 rings (SSSR count). The van der Waals surface area contributed by atoms with E-state index in [1.165, 1.54) is 0 Å². The average molecular weight is 229 g/mol. The van der Waals surface area contributed by atoms with E-state index in [4.69, 9.17) is 21.1 Å². The van der Waals surface area contributed by atoms with Crippen molar-refractivity contribution in [1.82, 2.24) is 0 Å². The number of hydrogen-bond acceptors (Lipinski definition) is 3. The van der Waals surface area contributed by atoms with Crippen molar-refractivity contribution in [3.8, 4) is 5.75 Å². The number of aliphatic hydroxyl groups excluding tert-OH is 1. The van der Waals surface area contributed by atoms with Crippen LogP contribution in [0.2, 0.25) is 5.02 Å². The van der Waals surface area contributed by atoms with Crippen LogP contribution in [0.15, 0.2) is 18.2 Å². The lowest BCUT2D eigenvalue weighted by atomic mass is 10.2. The lowest BCUT2D eigenvalue weighted by molar-refractivity contribution is 0.0729. The highest BCUT2D eigenvalue weighted by molar-refractivity contribution is 6.30. The van der Waals surface area contributed by atoms with Gasteiger partial charge in [0.15, 0.2) is 0 Å². The van der Waals surface area contributed by atoms with Gasteiger partial charge in [0, 0.05) is 5.02 Å². The summed E-state index contributed by atoms with van der Waals surface area (Å²) in [6.45, 7) is 2.70. The van der Waals surface area contributed by atoms with Crippen LogP contribution < -0.4 is 4.74 Å². The van der Waals surface area contributed by atoms with Crippen LogP contribution in [0.25, 0.3) is 0 Å². The molecule has 0 aromatic heterocycles. The number of rotatable bonds is 2. The molecule has 1 aliphatic rings. The molecule has 82 valence electrons. The molecule has 1 saturated heterocycles. The van der Waals surface area contributed by atoms with Gasteiger partial charge in [-0.25, -0.2) is 0 Å². The normalized spacial score (nSPS) is 25.5. The molecule has 0 amide bonds. The molecule has 0 radical (unpaired) electrons. The third-order valence-electron chi connectivity index (χ3n) is 2.43. The van der Waals surface area contributed by atoms with Crippen LogP contribution in [0.4, 0.5) is 0 Å². The fourth-order valence-corrected chi connectivity index (χ4v) is 1.66. The van der Waals surface area contributed by atoms with Gasteiger partial charge in [0.2, 0.25) is 0 Å². The monoisotopic (exact) mass is 228 g/mol. The minimum Gasteiger partial charge on any atom is -0.485 e. The van der Waals surface area contributed by atoms with E-state index in [-0.39, 0.29) is 6.10 Å². The van der Waals surface area contributed by atoms with E-state index in [0.717, 1.165) is 5.56 Å². The third-order valence-corrected chi connectivity index (χ3v) is 2.66. The Bertz CT molecular complexity index is 354. The summed E-state index contributed by atoms with van der Waals surface area (Å²) < 4.78 is 10.7. The van der Waals surface area contributed by atoms with Crippen LogP contribution in [0, 0.1) is 6.92 Å². The minimum absolute atomic E-state index is 0.290. The van der Waals surface area contributed by atoms with Crippen LogP contribution in [-0.4, -0.2) is 30.5 Å². The second-order valence-corrected chi connectivity index (χ2v) is 4.11. The van der Waals surface area contributed by atoms with Crippen molar-refractivity contribution in [3.63, 3.8) is 0 Å². The molecule has 4 heteroatoms. The highest BCUT2D eigenvalue weighted by atomic mass is 35.5. The maximum absolute atomic E-state index is 9.53. The van der Waals surface area contributed by atoms with Gasteiger partial charge in [0.1, 0.15) is 18.0 Å². The molecule has 1 N–H and O–H groups in total. The van der Waals surface area contributed by atoms with Gasteiger partial charge in [-0.1, -0.05) is 17.7 Å². The molecule has 1 fully saturated rings. The molecule has 0 bridgehead atoms. The van der Waals surface area contributed by atoms with Crippen molar-refractivity contribution in [2.24, 2.45) is 0 Å². The lowest BCUT2D eigenvalue weighted by Crippen LogP contribution is -2.29. The molecule has 15 heavy (non-hydrogen) atoms. The summed E-state index contributed by atoms with van der Waals surface area (Å²) in [5, 5.41) is 10.2. The van der Waals surface area contributed by atoms with E-state index in [0.29, 0.717) is 24.0 Å². The quantitative estimate of drug-likeness (QED) is 0.839. The summed E-state index contributed by atoms with van der Waals surface area (Å²) in [6.07, 6.45) is -0.842. The highest BCUT2D eigenvalue weighted by Crippen LogP contribution is 2.25. The summed E-state index contributed by atoms with van der Waals surface area (Å²) in [6, 6.07) is 5.45.